The number of rotatable bonds is 2. The molecule has 0 aliphatic heterocycles. The van der Waals surface area contributed by atoms with Crippen molar-refractivity contribution in [3.63, 3.8) is 0 Å². The molecule has 0 atom stereocenters. The lowest BCUT2D eigenvalue weighted by atomic mass is 10.1. The lowest BCUT2D eigenvalue weighted by Crippen LogP contribution is -1.83. The summed E-state index contributed by atoms with van der Waals surface area (Å²) >= 11 is 0. The van der Waals surface area contributed by atoms with Gasteiger partial charge >= 0.3 is 0 Å². The maximum Gasteiger partial charge on any atom is 0.116 e. The smallest absolute Gasteiger partial charge is 0.116 e. The SMILES string of the molecule is OC=CCc1cccc2[nH]nnc12. The van der Waals surface area contributed by atoms with Crippen molar-refractivity contribution in [3.05, 3.63) is 36.1 Å². The zero-order valence-electron chi connectivity index (χ0n) is 6.94. The van der Waals surface area contributed by atoms with E-state index in [1.54, 1.807) is 6.08 Å². The van der Waals surface area contributed by atoms with Crippen LogP contribution in [0.3, 0.4) is 0 Å². The zero-order valence-corrected chi connectivity index (χ0v) is 6.94. The third-order valence-electron chi connectivity index (χ3n) is 1.88. The van der Waals surface area contributed by atoms with Gasteiger partial charge in [0.2, 0.25) is 0 Å². The number of aromatic amines is 1. The van der Waals surface area contributed by atoms with Crippen molar-refractivity contribution in [3.8, 4) is 0 Å². The van der Waals surface area contributed by atoms with Gasteiger partial charge in [-0.2, -0.15) is 0 Å². The summed E-state index contributed by atoms with van der Waals surface area (Å²) in [6.45, 7) is 0. The number of aromatic nitrogens is 3. The molecule has 0 spiro atoms. The number of H-pyrrole nitrogens is 1. The number of fused-ring (bicyclic) bond motifs is 1. The second kappa shape index (κ2) is 3.26. The Morgan fingerprint density at radius 1 is 1.46 bits per heavy atom. The molecule has 0 aliphatic carbocycles. The van der Waals surface area contributed by atoms with Gasteiger partial charge in [0.25, 0.3) is 0 Å². The van der Waals surface area contributed by atoms with E-state index < -0.39 is 0 Å². The Kier molecular flexibility index (Phi) is 1.96. The molecule has 0 aliphatic rings. The first kappa shape index (κ1) is 7.79. The summed E-state index contributed by atoms with van der Waals surface area (Å²) in [5.74, 6) is 0. The average Bonchev–Trinajstić information content (AvgIpc) is 2.62. The number of hydrogen-bond donors (Lipinski definition) is 2. The van der Waals surface area contributed by atoms with Crippen molar-refractivity contribution in [2.24, 2.45) is 0 Å². The van der Waals surface area contributed by atoms with Crippen LogP contribution in [0.15, 0.2) is 30.5 Å². The lowest BCUT2D eigenvalue weighted by Gasteiger charge is -1.95. The van der Waals surface area contributed by atoms with Crippen LogP contribution in [0.2, 0.25) is 0 Å². The van der Waals surface area contributed by atoms with Crippen molar-refractivity contribution in [2.75, 3.05) is 0 Å². The maximum atomic E-state index is 8.53. The summed E-state index contributed by atoms with van der Waals surface area (Å²) in [6, 6.07) is 5.81. The van der Waals surface area contributed by atoms with E-state index in [-0.39, 0.29) is 0 Å². The zero-order chi connectivity index (χ0) is 9.10. The molecule has 2 aromatic rings. The van der Waals surface area contributed by atoms with Crippen LogP contribution in [0.5, 0.6) is 0 Å². The molecule has 4 nitrogen and oxygen atoms in total. The summed E-state index contributed by atoms with van der Waals surface area (Å²) in [5, 5.41) is 19.0. The Morgan fingerprint density at radius 2 is 2.38 bits per heavy atom. The van der Waals surface area contributed by atoms with Gasteiger partial charge in [0.1, 0.15) is 5.52 Å². The van der Waals surface area contributed by atoms with E-state index in [9.17, 15) is 0 Å². The second-order valence-corrected chi connectivity index (χ2v) is 2.71. The van der Waals surface area contributed by atoms with Gasteiger partial charge in [0.15, 0.2) is 0 Å². The van der Waals surface area contributed by atoms with Gasteiger partial charge in [-0.1, -0.05) is 17.3 Å². The molecule has 4 heteroatoms. The number of nitrogens with zero attached hydrogens (tertiary/aromatic N) is 2. The fourth-order valence-electron chi connectivity index (χ4n) is 1.27. The number of benzene rings is 1. The highest BCUT2D eigenvalue weighted by atomic mass is 16.2. The minimum atomic E-state index is 0.667. The molecule has 0 bridgehead atoms. The largest absolute Gasteiger partial charge is 0.516 e. The molecule has 1 aromatic carbocycles. The first-order chi connectivity index (χ1) is 6.42. The summed E-state index contributed by atoms with van der Waals surface area (Å²) in [4.78, 5) is 0. The topological polar surface area (TPSA) is 61.8 Å². The monoisotopic (exact) mass is 175 g/mol. The fraction of sp³-hybridized carbons (Fsp3) is 0.111. The predicted molar refractivity (Wildman–Crippen MR) is 49.4 cm³/mol. The summed E-state index contributed by atoms with van der Waals surface area (Å²) in [6.07, 6.45) is 3.38. The molecule has 0 amide bonds. The van der Waals surface area contributed by atoms with Crippen LogP contribution < -0.4 is 0 Å². The quantitative estimate of drug-likeness (QED) is 0.681. The van der Waals surface area contributed by atoms with E-state index in [4.69, 9.17) is 5.11 Å². The third kappa shape index (κ3) is 1.38. The van der Waals surface area contributed by atoms with Crippen molar-refractivity contribution in [1.82, 2.24) is 15.4 Å². The number of aliphatic hydroxyl groups excluding tert-OH is 1. The van der Waals surface area contributed by atoms with Gasteiger partial charge < -0.3 is 5.11 Å². The molecule has 2 N–H and O–H groups in total. The Balaban J connectivity index is 2.48. The van der Waals surface area contributed by atoms with E-state index in [1.807, 2.05) is 18.2 Å². The third-order valence-corrected chi connectivity index (χ3v) is 1.88. The first-order valence-corrected chi connectivity index (χ1v) is 3.99. The van der Waals surface area contributed by atoms with Crippen LogP contribution in [-0.2, 0) is 6.42 Å². The van der Waals surface area contributed by atoms with Crippen molar-refractivity contribution in [2.45, 2.75) is 6.42 Å². The lowest BCUT2D eigenvalue weighted by molar-refractivity contribution is 0.471. The molecule has 0 fully saturated rings. The van der Waals surface area contributed by atoms with Gasteiger partial charge in [-0.05, 0) is 24.1 Å². The molecule has 0 saturated heterocycles. The Bertz CT molecular complexity index is 433. The Morgan fingerprint density at radius 3 is 3.23 bits per heavy atom. The normalized spacial score (nSPS) is 11.4. The number of allylic oxidation sites excluding steroid dienone is 1. The van der Waals surface area contributed by atoms with Gasteiger partial charge in [0.05, 0.1) is 11.8 Å². The van der Waals surface area contributed by atoms with E-state index >= 15 is 0 Å². The van der Waals surface area contributed by atoms with Crippen molar-refractivity contribution < 1.29 is 5.11 Å². The minimum absolute atomic E-state index is 0.667. The van der Waals surface area contributed by atoms with Gasteiger partial charge in [-0.3, -0.25) is 5.10 Å². The maximum absolute atomic E-state index is 8.53. The van der Waals surface area contributed by atoms with Gasteiger partial charge in [0, 0.05) is 0 Å². The average molecular weight is 175 g/mol. The van der Waals surface area contributed by atoms with E-state index in [0.29, 0.717) is 6.42 Å². The second-order valence-electron chi connectivity index (χ2n) is 2.71. The summed E-state index contributed by atoms with van der Waals surface area (Å²) < 4.78 is 0. The van der Waals surface area contributed by atoms with Crippen LogP contribution in [0.4, 0.5) is 0 Å². The molecule has 0 radical (unpaired) electrons. The highest BCUT2D eigenvalue weighted by Gasteiger charge is 2.01. The van der Waals surface area contributed by atoms with Crippen molar-refractivity contribution in [1.29, 1.82) is 0 Å². The van der Waals surface area contributed by atoms with E-state index in [2.05, 4.69) is 15.4 Å². The molecule has 0 unspecified atom stereocenters. The first-order valence-electron chi connectivity index (χ1n) is 3.99. The van der Waals surface area contributed by atoms with Crippen molar-refractivity contribution >= 4 is 11.0 Å². The molecule has 0 saturated carbocycles. The van der Waals surface area contributed by atoms with Crippen LogP contribution in [0, 0.1) is 0 Å². The van der Waals surface area contributed by atoms with Gasteiger partial charge in [-0.15, -0.1) is 5.10 Å². The summed E-state index contributed by atoms with van der Waals surface area (Å²) in [7, 11) is 0. The molecular formula is C9H9N3O. The molecule has 66 valence electrons. The number of nitrogens with one attached hydrogen (secondary N) is 1. The van der Waals surface area contributed by atoms with Gasteiger partial charge in [-0.25, -0.2) is 0 Å². The van der Waals surface area contributed by atoms with E-state index in [0.717, 1.165) is 22.9 Å². The number of aliphatic hydroxyl groups is 1. The van der Waals surface area contributed by atoms with Crippen LogP contribution in [0.25, 0.3) is 11.0 Å². The van der Waals surface area contributed by atoms with Crippen LogP contribution in [-0.4, -0.2) is 20.5 Å². The highest BCUT2D eigenvalue weighted by molar-refractivity contribution is 5.77. The fourth-order valence-corrected chi connectivity index (χ4v) is 1.27. The molecule has 13 heavy (non-hydrogen) atoms. The molecule has 1 aromatic heterocycles. The Labute approximate surface area is 74.9 Å². The Hall–Kier alpha value is -1.84. The number of hydrogen-bond acceptors (Lipinski definition) is 3. The predicted octanol–water partition coefficient (Wildman–Crippen LogP) is 1.57. The van der Waals surface area contributed by atoms with E-state index in [1.165, 1.54) is 0 Å². The summed E-state index contributed by atoms with van der Waals surface area (Å²) in [5.41, 5.74) is 2.83. The van der Waals surface area contributed by atoms with Crippen LogP contribution in [0.1, 0.15) is 5.56 Å². The molecule has 1 heterocycles. The van der Waals surface area contributed by atoms with Crippen LogP contribution >= 0.6 is 0 Å². The molecular weight excluding hydrogens is 166 g/mol. The molecule has 2 rings (SSSR count). The highest BCUT2D eigenvalue weighted by Crippen LogP contribution is 2.13. The minimum Gasteiger partial charge on any atom is -0.516 e. The standard InChI is InChI=1S/C9H9N3O/c13-6-2-4-7-3-1-5-8-9(7)11-12-10-8/h1-3,5-6,13H,4H2,(H,10,11,12).